The van der Waals surface area contributed by atoms with Crippen LogP contribution >= 0.6 is 23.5 Å². The first-order valence-corrected chi connectivity index (χ1v) is 10.7. The monoisotopic (exact) mass is 372 g/mol. The van der Waals surface area contributed by atoms with Crippen LogP contribution in [0.15, 0.2) is 80.3 Å². The van der Waals surface area contributed by atoms with Crippen molar-refractivity contribution in [3.8, 4) is 0 Å². The van der Waals surface area contributed by atoms with Gasteiger partial charge in [-0.05, 0) is 44.0 Å². The van der Waals surface area contributed by atoms with Crippen molar-refractivity contribution in [1.82, 2.24) is 0 Å². The van der Waals surface area contributed by atoms with E-state index < -0.39 is 0 Å². The molecular weight excluding hydrogens is 344 g/mol. The van der Waals surface area contributed by atoms with Crippen LogP contribution in [0.5, 0.6) is 0 Å². The van der Waals surface area contributed by atoms with Crippen LogP contribution in [0.1, 0.15) is 46.0 Å². The topological polar surface area (TPSA) is 20.2 Å². The predicted octanol–water partition coefficient (Wildman–Crippen LogP) is 7.13. The van der Waals surface area contributed by atoms with E-state index in [-0.39, 0.29) is 6.10 Å². The van der Waals surface area contributed by atoms with E-state index in [1.165, 1.54) is 32.4 Å². The molecule has 1 N–H and O–H groups in total. The molecule has 0 aliphatic heterocycles. The molecule has 0 aliphatic carbocycles. The van der Waals surface area contributed by atoms with E-state index in [2.05, 4.69) is 62.4 Å². The van der Waals surface area contributed by atoms with E-state index in [0.29, 0.717) is 0 Å². The number of benzene rings is 2. The molecule has 0 unspecified atom stereocenters. The third-order valence-electron chi connectivity index (χ3n) is 3.94. The van der Waals surface area contributed by atoms with Gasteiger partial charge in [-0.25, -0.2) is 0 Å². The largest absolute Gasteiger partial charge is 0.393 e. The van der Waals surface area contributed by atoms with Crippen molar-refractivity contribution in [2.24, 2.45) is 0 Å². The molecule has 3 heteroatoms. The highest BCUT2D eigenvalue weighted by Crippen LogP contribution is 2.42. The smallest absolute Gasteiger partial charge is 0.0577 e. The normalized spacial score (nSPS) is 12.0. The minimum atomic E-state index is -0.241. The first-order chi connectivity index (χ1) is 12.2. The number of hydrogen-bond donors (Lipinski definition) is 1. The Morgan fingerprint density at radius 3 is 1.88 bits per heavy atom. The van der Waals surface area contributed by atoms with E-state index in [1.54, 1.807) is 23.5 Å². The standard InChI is InChI=1S/C22H28OS2/c1-3-4-7-12-19(23)17-18(2)22(24-20-13-8-5-9-14-20)25-21-15-10-6-11-16-21/h5-6,8-11,13-16,19,23H,3-4,7,12,17H2,1-2H3/t19-/m0/s1. The van der Waals surface area contributed by atoms with Gasteiger partial charge >= 0.3 is 0 Å². The maximum Gasteiger partial charge on any atom is 0.0577 e. The van der Waals surface area contributed by atoms with Crippen molar-refractivity contribution >= 4 is 23.5 Å². The van der Waals surface area contributed by atoms with Crippen molar-refractivity contribution in [2.45, 2.75) is 61.8 Å². The van der Waals surface area contributed by atoms with Gasteiger partial charge in [0, 0.05) is 14.0 Å². The van der Waals surface area contributed by atoms with Crippen LogP contribution < -0.4 is 0 Å². The van der Waals surface area contributed by atoms with E-state index in [9.17, 15) is 5.11 Å². The van der Waals surface area contributed by atoms with Crippen LogP contribution in [-0.2, 0) is 0 Å². The summed E-state index contributed by atoms with van der Waals surface area (Å²) in [6.07, 6.45) is 4.90. The van der Waals surface area contributed by atoms with Crippen molar-refractivity contribution in [2.75, 3.05) is 0 Å². The van der Waals surface area contributed by atoms with Crippen molar-refractivity contribution in [3.63, 3.8) is 0 Å². The van der Waals surface area contributed by atoms with Gasteiger partial charge in [0.25, 0.3) is 0 Å². The fourth-order valence-electron chi connectivity index (χ4n) is 2.56. The molecule has 2 rings (SSSR count). The highest BCUT2D eigenvalue weighted by molar-refractivity contribution is 8.22. The lowest BCUT2D eigenvalue weighted by molar-refractivity contribution is 0.161. The first-order valence-electron chi connectivity index (χ1n) is 9.02. The number of hydrogen-bond acceptors (Lipinski definition) is 3. The minimum Gasteiger partial charge on any atom is -0.393 e. The summed E-state index contributed by atoms with van der Waals surface area (Å²) in [5, 5.41) is 10.4. The predicted molar refractivity (Wildman–Crippen MR) is 112 cm³/mol. The quantitative estimate of drug-likeness (QED) is 0.354. The summed E-state index contributed by atoms with van der Waals surface area (Å²) >= 11 is 3.59. The highest BCUT2D eigenvalue weighted by Gasteiger charge is 2.12. The van der Waals surface area contributed by atoms with Gasteiger partial charge in [0.15, 0.2) is 0 Å². The second-order valence-corrected chi connectivity index (χ2v) is 8.68. The zero-order chi connectivity index (χ0) is 17.9. The molecule has 2 aromatic carbocycles. The van der Waals surface area contributed by atoms with Gasteiger partial charge in [-0.2, -0.15) is 0 Å². The molecule has 134 valence electrons. The fraction of sp³-hybridized carbons (Fsp3) is 0.364. The summed E-state index contributed by atoms with van der Waals surface area (Å²) in [5.41, 5.74) is 1.27. The molecule has 0 fully saturated rings. The molecule has 0 amide bonds. The maximum atomic E-state index is 10.4. The second kappa shape index (κ2) is 11.5. The number of aliphatic hydroxyl groups is 1. The third kappa shape index (κ3) is 7.72. The molecule has 0 saturated heterocycles. The van der Waals surface area contributed by atoms with Crippen LogP contribution in [0.4, 0.5) is 0 Å². The molecule has 0 radical (unpaired) electrons. The number of unbranched alkanes of at least 4 members (excludes halogenated alkanes) is 2. The van der Waals surface area contributed by atoms with Crippen molar-refractivity contribution < 1.29 is 5.11 Å². The van der Waals surface area contributed by atoms with Gasteiger partial charge in [-0.1, -0.05) is 91.7 Å². The van der Waals surface area contributed by atoms with E-state index >= 15 is 0 Å². The average Bonchev–Trinajstić information content (AvgIpc) is 2.63. The molecule has 25 heavy (non-hydrogen) atoms. The van der Waals surface area contributed by atoms with Crippen LogP contribution in [-0.4, -0.2) is 11.2 Å². The Labute approximate surface area is 160 Å². The molecular formula is C22H28OS2. The lowest BCUT2D eigenvalue weighted by Crippen LogP contribution is -2.07. The zero-order valence-corrected chi connectivity index (χ0v) is 16.8. The van der Waals surface area contributed by atoms with Crippen LogP contribution in [0.25, 0.3) is 0 Å². The second-order valence-electron chi connectivity index (χ2n) is 6.25. The Hall–Kier alpha value is -1.16. The Balaban J connectivity index is 2.10. The SMILES string of the molecule is CCCCC[C@H](O)CC(C)=C(Sc1ccccc1)Sc1ccccc1. The molecule has 0 bridgehead atoms. The summed E-state index contributed by atoms with van der Waals surface area (Å²) in [5.74, 6) is 0. The van der Waals surface area contributed by atoms with Gasteiger partial charge in [-0.15, -0.1) is 0 Å². The van der Waals surface area contributed by atoms with Crippen LogP contribution in [0.2, 0.25) is 0 Å². The van der Waals surface area contributed by atoms with Gasteiger partial charge < -0.3 is 5.11 Å². The average molecular weight is 373 g/mol. The Morgan fingerprint density at radius 1 is 0.880 bits per heavy atom. The molecule has 1 nitrogen and oxygen atoms in total. The van der Waals surface area contributed by atoms with Gasteiger partial charge in [0.2, 0.25) is 0 Å². The van der Waals surface area contributed by atoms with E-state index in [0.717, 1.165) is 19.3 Å². The van der Waals surface area contributed by atoms with Crippen LogP contribution in [0.3, 0.4) is 0 Å². The molecule has 0 aromatic heterocycles. The molecule has 0 aliphatic rings. The van der Waals surface area contributed by atoms with E-state index in [4.69, 9.17) is 0 Å². The summed E-state index contributed by atoms with van der Waals surface area (Å²) in [6.45, 7) is 4.35. The molecule has 0 saturated carbocycles. The van der Waals surface area contributed by atoms with E-state index in [1.807, 2.05) is 12.1 Å². The van der Waals surface area contributed by atoms with Gasteiger partial charge in [0.1, 0.15) is 0 Å². The number of thioether (sulfide) groups is 2. The van der Waals surface area contributed by atoms with Crippen molar-refractivity contribution in [3.05, 3.63) is 70.5 Å². The van der Waals surface area contributed by atoms with Crippen molar-refractivity contribution in [1.29, 1.82) is 0 Å². The summed E-state index contributed by atoms with van der Waals surface area (Å²) < 4.78 is 1.27. The number of aliphatic hydroxyl groups excluding tert-OH is 1. The molecule has 2 aromatic rings. The lowest BCUT2D eigenvalue weighted by atomic mass is 10.1. The summed E-state index contributed by atoms with van der Waals surface area (Å²) in [6, 6.07) is 20.9. The lowest BCUT2D eigenvalue weighted by Gasteiger charge is -2.15. The minimum absolute atomic E-state index is 0.241. The summed E-state index contributed by atoms with van der Waals surface area (Å²) in [7, 11) is 0. The molecule has 0 spiro atoms. The summed E-state index contributed by atoms with van der Waals surface area (Å²) in [4.78, 5) is 2.47. The maximum absolute atomic E-state index is 10.4. The fourth-order valence-corrected chi connectivity index (χ4v) is 4.83. The van der Waals surface area contributed by atoms with Crippen LogP contribution in [0, 0.1) is 0 Å². The first kappa shape index (κ1) is 20.2. The molecule has 1 atom stereocenters. The highest BCUT2D eigenvalue weighted by atomic mass is 32.2. The Kier molecular flexibility index (Phi) is 9.23. The Bertz CT molecular complexity index is 594. The Morgan fingerprint density at radius 2 is 1.40 bits per heavy atom. The number of rotatable bonds is 10. The zero-order valence-electron chi connectivity index (χ0n) is 15.2. The third-order valence-corrected chi connectivity index (χ3v) is 6.52. The van der Waals surface area contributed by atoms with Gasteiger partial charge in [-0.3, -0.25) is 0 Å². The molecule has 0 heterocycles. The van der Waals surface area contributed by atoms with Gasteiger partial charge in [0.05, 0.1) is 6.10 Å².